The van der Waals surface area contributed by atoms with Crippen LogP contribution in [0.2, 0.25) is 10.0 Å². The van der Waals surface area contributed by atoms with Crippen LogP contribution >= 0.6 is 34.5 Å². The highest BCUT2D eigenvalue weighted by atomic mass is 35.5. The van der Waals surface area contributed by atoms with Crippen molar-refractivity contribution in [1.82, 2.24) is 15.1 Å². The summed E-state index contributed by atoms with van der Waals surface area (Å²) in [6.45, 7) is 7.97. The smallest absolute Gasteiger partial charge is 0.0847 e. The molecule has 0 aromatic carbocycles. The van der Waals surface area contributed by atoms with Crippen LogP contribution in [0.25, 0.3) is 0 Å². The second-order valence-electron chi connectivity index (χ2n) is 5.01. The SMILES string of the molecule is CCCNC(Cc1c(Cl)c(C)nn1CC)c1sccc1Cl. The fourth-order valence-corrected chi connectivity index (χ4v) is 3.87. The van der Waals surface area contributed by atoms with E-state index in [1.54, 1.807) is 11.3 Å². The third kappa shape index (κ3) is 3.81. The number of aryl methyl sites for hydroxylation is 2. The van der Waals surface area contributed by atoms with Crippen LogP contribution in [0.5, 0.6) is 0 Å². The monoisotopic (exact) mass is 345 g/mol. The van der Waals surface area contributed by atoms with Gasteiger partial charge in [-0.15, -0.1) is 11.3 Å². The molecular formula is C15H21Cl2N3S. The predicted octanol–water partition coefficient (Wildman–Crippen LogP) is 4.86. The van der Waals surface area contributed by atoms with Crippen LogP contribution in [0.1, 0.15) is 42.6 Å². The first-order valence-corrected chi connectivity index (χ1v) is 8.90. The third-order valence-corrected chi connectivity index (χ3v) is 5.42. The van der Waals surface area contributed by atoms with Gasteiger partial charge in [0.05, 0.1) is 21.4 Å². The van der Waals surface area contributed by atoms with Crippen molar-refractivity contribution in [1.29, 1.82) is 0 Å². The number of nitrogens with one attached hydrogen (secondary N) is 1. The minimum absolute atomic E-state index is 0.177. The van der Waals surface area contributed by atoms with Gasteiger partial charge in [0, 0.05) is 23.9 Å². The largest absolute Gasteiger partial charge is 0.309 e. The average Bonchev–Trinajstić information content (AvgIpc) is 3.01. The molecule has 2 heterocycles. The summed E-state index contributed by atoms with van der Waals surface area (Å²) in [4.78, 5) is 1.17. The molecule has 1 atom stereocenters. The standard InChI is InChI=1S/C15H21Cl2N3S/c1-4-7-18-12(15-11(16)6-8-21-15)9-13-14(17)10(3)19-20(13)5-2/h6,8,12,18H,4-5,7,9H2,1-3H3. The molecule has 116 valence electrons. The number of hydrogen-bond acceptors (Lipinski definition) is 3. The summed E-state index contributed by atoms with van der Waals surface area (Å²) in [7, 11) is 0. The Morgan fingerprint density at radius 1 is 1.38 bits per heavy atom. The third-order valence-electron chi connectivity index (χ3n) is 3.45. The first-order chi connectivity index (χ1) is 10.1. The van der Waals surface area contributed by atoms with E-state index in [0.29, 0.717) is 0 Å². The highest BCUT2D eigenvalue weighted by molar-refractivity contribution is 7.10. The Morgan fingerprint density at radius 3 is 2.71 bits per heavy atom. The summed E-state index contributed by atoms with van der Waals surface area (Å²) >= 11 is 14.4. The number of aromatic nitrogens is 2. The van der Waals surface area contributed by atoms with Crippen LogP contribution in [0.3, 0.4) is 0 Å². The normalized spacial score (nSPS) is 12.8. The van der Waals surface area contributed by atoms with Gasteiger partial charge < -0.3 is 5.32 Å². The summed E-state index contributed by atoms with van der Waals surface area (Å²) < 4.78 is 1.99. The van der Waals surface area contributed by atoms with E-state index in [4.69, 9.17) is 23.2 Å². The summed E-state index contributed by atoms with van der Waals surface area (Å²) in [6, 6.07) is 2.13. The van der Waals surface area contributed by atoms with Crippen molar-refractivity contribution in [2.45, 2.75) is 46.2 Å². The van der Waals surface area contributed by atoms with Gasteiger partial charge in [-0.3, -0.25) is 4.68 Å². The van der Waals surface area contributed by atoms with Gasteiger partial charge in [-0.25, -0.2) is 0 Å². The number of hydrogen-bond donors (Lipinski definition) is 1. The van der Waals surface area contributed by atoms with Gasteiger partial charge in [0.15, 0.2) is 0 Å². The first kappa shape index (κ1) is 16.8. The van der Waals surface area contributed by atoms with E-state index in [9.17, 15) is 0 Å². The molecule has 1 unspecified atom stereocenters. The Bertz CT molecular complexity index is 592. The lowest BCUT2D eigenvalue weighted by Gasteiger charge is -2.18. The Balaban J connectivity index is 2.29. The molecule has 2 aromatic heterocycles. The Labute approximate surface area is 140 Å². The van der Waals surface area contributed by atoms with Crippen molar-refractivity contribution in [3.8, 4) is 0 Å². The zero-order chi connectivity index (χ0) is 15.4. The maximum Gasteiger partial charge on any atom is 0.0847 e. The molecule has 0 amide bonds. The molecule has 6 heteroatoms. The van der Waals surface area contributed by atoms with Crippen LogP contribution in [0.4, 0.5) is 0 Å². The van der Waals surface area contributed by atoms with Gasteiger partial charge in [0.25, 0.3) is 0 Å². The van der Waals surface area contributed by atoms with Crippen molar-refractivity contribution in [3.05, 3.63) is 37.8 Å². The molecule has 0 spiro atoms. The number of nitrogens with zero attached hydrogens (tertiary/aromatic N) is 2. The van der Waals surface area contributed by atoms with E-state index in [-0.39, 0.29) is 6.04 Å². The summed E-state index contributed by atoms with van der Waals surface area (Å²) in [6.07, 6.45) is 1.88. The summed E-state index contributed by atoms with van der Waals surface area (Å²) in [5, 5.41) is 11.7. The molecule has 1 N–H and O–H groups in total. The molecule has 2 rings (SSSR count). The first-order valence-electron chi connectivity index (χ1n) is 7.26. The zero-order valence-electron chi connectivity index (χ0n) is 12.6. The fourth-order valence-electron chi connectivity index (χ4n) is 2.39. The zero-order valence-corrected chi connectivity index (χ0v) is 14.9. The second kappa shape index (κ2) is 7.63. The molecule has 21 heavy (non-hydrogen) atoms. The minimum Gasteiger partial charge on any atom is -0.309 e. The van der Waals surface area contributed by atoms with Crippen molar-refractivity contribution in [2.75, 3.05) is 6.54 Å². The van der Waals surface area contributed by atoms with Gasteiger partial charge in [-0.05, 0) is 38.3 Å². The van der Waals surface area contributed by atoms with Gasteiger partial charge >= 0.3 is 0 Å². The molecule has 0 saturated carbocycles. The van der Waals surface area contributed by atoms with E-state index in [0.717, 1.165) is 47.4 Å². The Kier molecular flexibility index (Phi) is 6.11. The molecule has 0 aliphatic carbocycles. The van der Waals surface area contributed by atoms with Gasteiger partial charge in [0.1, 0.15) is 0 Å². The maximum absolute atomic E-state index is 6.43. The van der Waals surface area contributed by atoms with Gasteiger partial charge in [0.2, 0.25) is 0 Å². The molecule has 3 nitrogen and oxygen atoms in total. The summed E-state index contributed by atoms with van der Waals surface area (Å²) in [5.41, 5.74) is 1.97. The summed E-state index contributed by atoms with van der Waals surface area (Å²) in [5.74, 6) is 0. The fraction of sp³-hybridized carbons (Fsp3) is 0.533. The van der Waals surface area contributed by atoms with Crippen molar-refractivity contribution in [2.24, 2.45) is 0 Å². The molecule has 0 aliphatic heterocycles. The molecule has 0 fully saturated rings. The lowest BCUT2D eigenvalue weighted by Crippen LogP contribution is -2.24. The van der Waals surface area contributed by atoms with E-state index < -0.39 is 0 Å². The van der Waals surface area contributed by atoms with Crippen molar-refractivity contribution < 1.29 is 0 Å². The maximum atomic E-state index is 6.43. The van der Waals surface area contributed by atoms with Crippen molar-refractivity contribution >= 4 is 34.5 Å². The lowest BCUT2D eigenvalue weighted by molar-refractivity contribution is 0.508. The van der Waals surface area contributed by atoms with Crippen LogP contribution in [0.15, 0.2) is 11.4 Å². The number of halogens is 2. The molecule has 0 radical (unpaired) electrons. The van der Waals surface area contributed by atoms with Crippen LogP contribution in [0, 0.1) is 6.92 Å². The van der Waals surface area contributed by atoms with Gasteiger partial charge in [-0.2, -0.15) is 5.10 Å². The number of thiophene rings is 1. The highest BCUT2D eigenvalue weighted by Crippen LogP contribution is 2.33. The van der Waals surface area contributed by atoms with Gasteiger partial charge in [-0.1, -0.05) is 30.1 Å². The minimum atomic E-state index is 0.177. The molecule has 0 aliphatic rings. The van der Waals surface area contributed by atoms with E-state index in [1.165, 1.54) is 4.88 Å². The predicted molar refractivity (Wildman–Crippen MR) is 91.7 cm³/mol. The Hall–Kier alpha value is -0.550. The molecule has 2 aromatic rings. The number of rotatable bonds is 7. The molecule has 0 bridgehead atoms. The van der Waals surface area contributed by atoms with Crippen LogP contribution in [-0.4, -0.2) is 16.3 Å². The molecular weight excluding hydrogens is 325 g/mol. The van der Waals surface area contributed by atoms with Crippen molar-refractivity contribution in [3.63, 3.8) is 0 Å². The second-order valence-corrected chi connectivity index (χ2v) is 6.74. The van der Waals surface area contributed by atoms with E-state index in [1.807, 2.05) is 23.1 Å². The Morgan fingerprint density at radius 2 is 2.14 bits per heavy atom. The van der Waals surface area contributed by atoms with E-state index >= 15 is 0 Å². The van der Waals surface area contributed by atoms with Crippen LogP contribution in [-0.2, 0) is 13.0 Å². The van der Waals surface area contributed by atoms with E-state index in [2.05, 4.69) is 24.3 Å². The molecule has 0 saturated heterocycles. The average molecular weight is 346 g/mol. The van der Waals surface area contributed by atoms with Crippen LogP contribution < -0.4 is 5.32 Å². The highest BCUT2D eigenvalue weighted by Gasteiger charge is 2.21. The topological polar surface area (TPSA) is 29.9 Å². The lowest BCUT2D eigenvalue weighted by atomic mass is 10.1. The quantitative estimate of drug-likeness (QED) is 0.776.